The van der Waals surface area contributed by atoms with Crippen LogP contribution in [-0.4, -0.2) is 52.5 Å². The van der Waals surface area contributed by atoms with Gasteiger partial charge in [0.1, 0.15) is 25.7 Å². The number of aryl methyl sites for hydroxylation is 1. The van der Waals surface area contributed by atoms with Crippen LogP contribution in [-0.2, 0) is 4.74 Å². The SMILES string of the molecule is CCOc1ccc(C(=O)N[C@H](C[NH+]2CCOCC2)c2ccc(C)cc2)cc1OC. The molecule has 1 aliphatic rings. The smallest absolute Gasteiger partial charge is 0.252 e. The number of hydrogen-bond donors (Lipinski definition) is 2. The third-order valence-electron chi connectivity index (χ3n) is 5.20. The number of benzene rings is 2. The van der Waals surface area contributed by atoms with Crippen LogP contribution in [0.3, 0.4) is 0 Å². The van der Waals surface area contributed by atoms with Gasteiger partial charge in [-0.05, 0) is 37.6 Å². The third kappa shape index (κ3) is 5.71. The minimum absolute atomic E-state index is 0.0752. The van der Waals surface area contributed by atoms with Crippen LogP contribution < -0.4 is 19.7 Å². The molecule has 0 aromatic heterocycles. The quantitative estimate of drug-likeness (QED) is 0.711. The Morgan fingerprint density at radius 3 is 2.52 bits per heavy atom. The molecule has 1 aliphatic heterocycles. The highest BCUT2D eigenvalue weighted by atomic mass is 16.5. The van der Waals surface area contributed by atoms with Crippen molar-refractivity contribution < 1.29 is 23.9 Å². The van der Waals surface area contributed by atoms with E-state index < -0.39 is 0 Å². The molecule has 2 N–H and O–H groups in total. The van der Waals surface area contributed by atoms with Crippen LogP contribution in [0, 0.1) is 6.92 Å². The molecule has 0 unspecified atom stereocenters. The van der Waals surface area contributed by atoms with Crippen molar-refractivity contribution in [2.24, 2.45) is 0 Å². The van der Waals surface area contributed by atoms with Crippen molar-refractivity contribution >= 4 is 5.91 Å². The third-order valence-corrected chi connectivity index (χ3v) is 5.20. The van der Waals surface area contributed by atoms with E-state index in [0.29, 0.717) is 23.7 Å². The Hall–Kier alpha value is -2.57. The Balaban J connectivity index is 1.78. The molecule has 6 heteroatoms. The Morgan fingerprint density at radius 2 is 1.86 bits per heavy atom. The first-order valence-electron chi connectivity index (χ1n) is 10.2. The van der Waals surface area contributed by atoms with Crippen molar-refractivity contribution in [1.82, 2.24) is 5.32 Å². The number of carbonyl (C=O) groups is 1. The minimum atomic E-state index is -0.121. The van der Waals surface area contributed by atoms with Gasteiger partial charge in [-0.1, -0.05) is 29.8 Å². The molecule has 2 aromatic rings. The van der Waals surface area contributed by atoms with Gasteiger partial charge in [0.05, 0.1) is 26.9 Å². The Morgan fingerprint density at radius 1 is 1.14 bits per heavy atom. The van der Waals surface area contributed by atoms with Crippen molar-refractivity contribution in [1.29, 1.82) is 0 Å². The van der Waals surface area contributed by atoms with Gasteiger partial charge in [0.25, 0.3) is 5.91 Å². The van der Waals surface area contributed by atoms with Crippen molar-refractivity contribution in [3.8, 4) is 11.5 Å². The summed E-state index contributed by atoms with van der Waals surface area (Å²) in [7, 11) is 1.58. The second-order valence-corrected chi connectivity index (χ2v) is 7.30. The molecular formula is C23H31N2O4+. The molecule has 1 fully saturated rings. The number of quaternary nitrogens is 1. The molecule has 0 saturated carbocycles. The van der Waals surface area contributed by atoms with E-state index in [-0.39, 0.29) is 11.9 Å². The highest BCUT2D eigenvalue weighted by Gasteiger charge is 2.24. The maximum atomic E-state index is 13.0. The predicted molar refractivity (Wildman–Crippen MR) is 112 cm³/mol. The average Bonchev–Trinajstić information content (AvgIpc) is 2.75. The number of nitrogens with one attached hydrogen (secondary N) is 2. The van der Waals surface area contributed by atoms with E-state index in [1.54, 1.807) is 25.3 Å². The number of carbonyl (C=O) groups excluding carboxylic acids is 1. The van der Waals surface area contributed by atoms with E-state index in [1.165, 1.54) is 10.5 Å². The zero-order chi connectivity index (χ0) is 20.6. The molecule has 6 nitrogen and oxygen atoms in total. The fraction of sp³-hybridized carbons (Fsp3) is 0.435. The normalized spacial score (nSPS) is 15.6. The van der Waals surface area contributed by atoms with E-state index >= 15 is 0 Å². The van der Waals surface area contributed by atoms with E-state index in [1.807, 2.05) is 6.92 Å². The molecule has 156 valence electrons. The van der Waals surface area contributed by atoms with Crippen LogP contribution in [0.5, 0.6) is 11.5 Å². The summed E-state index contributed by atoms with van der Waals surface area (Å²) in [6.45, 7) is 8.78. The zero-order valence-electron chi connectivity index (χ0n) is 17.5. The first-order valence-corrected chi connectivity index (χ1v) is 10.2. The zero-order valence-corrected chi connectivity index (χ0v) is 17.5. The summed E-state index contributed by atoms with van der Waals surface area (Å²) in [5.74, 6) is 1.08. The standard InChI is InChI=1S/C23H30N2O4/c1-4-29-21-10-9-19(15-22(21)27-3)23(26)24-20(16-25-11-13-28-14-12-25)18-7-5-17(2)6-8-18/h5-10,15,20H,4,11-14,16H2,1-3H3,(H,24,26)/p+1/t20-/m1/s1. The lowest BCUT2D eigenvalue weighted by Crippen LogP contribution is -3.14. The molecule has 0 spiro atoms. The molecule has 1 amide bonds. The monoisotopic (exact) mass is 399 g/mol. The molecule has 0 radical (unpaired) electrons. The van der Waals surface area contributed by atoms with Gasteiger partial charge in [-0.3, -0.25) is 4.79 Å². The summed E-state index contributed by atoms with van der Waals surface area (Å²) in [6.07, 6.45) is 0. The number of hydrogen-bond acceptors (Lipinski definition) is 4. The lowest BCUT2D eigenvalue weighted by Gasteiger charge is -2.28. The average molecular weight is 400 g/mol. The van der Waals surface area contributed by atoms with Crippen molar-refractivity contribution in [3.05, 3.63) is 59.2 Å². The molecule has 29 heavy (non-hydrogen) atoms. The summed E-state index contributed by atoms with van der Waals surface area (Å²) in [6, 6.07) is 13.6. The predicted octanol–water partition coefficient (Wildman–Crippen LogP) is 1.79. The number of ether oxygens (including phenoxy) is 3. The van der Waals surface area contributed by atoms with E-state index in [0.717, 1.165) is 38.4 Å². The number of amides is 1. The second-order valence-electron chi connectivity index (χ2n) is 7.30. The van der Waals surface area contributed by atoms with Crippen molar-refractivity contribution in [2.75, 3.05) is 46.6 Å². The van der Waals surface area contributed by atoms with Gasteiger partial charge in [0, 0.05) is 5.56 Å². The molecule has 0 aliphatic carbocycles. The van der Waals surface area contributed by atoms with Gasteiger partial charge in [-0.2, -0.15) is 0 Å². The topological polar surface area (TPSA) is 61.2 Å². The summed E-state index contributed by atoms with van der Waals surface area (Å²) >= 11 is 0. The van der Waals surface area contributed by atoms with Gasteiger partial charge in [-0.25, -0.2) is 0 Å². The number of rotatable bonds is 8. The maximum absolute atomic E-state index is 13.0. The van der Waals surface area contributed by atoms with Crippen LogP contribution in [0.4, 0.5) is 0 Å². The maximum Gasteiger partial charge on any atom is 0.252 e. The second kappa shape index (κ2) is 10.3. The highest BCUT2D eigenvalue weighted by molar-refractivity contribution is 5.95. The Bertz CT molecular complexity index is 801. The lowest BCUT2D eigenvalue weighted by molar-refractivity contribution is -0.909. The first-order chi connectivity index (χ1) is 14.1. The summed E-state index contributed by atoms with van der Waals surface area (Å²) in [4.78, 5) is 14.5. The fourth-order valence-electron chi connectivity index (χ4n) is 3.53. The fourth-order valence-corrected chi connectivity index (χ4v) is 3.53. The molecule has 2 aromatic carbocycles. The van der Waals surface area contributed by atoms with Gasteiger partial charge < -0.3 is 24.4 Å². The van der Waals surface area contributed by atoms with E-state index in [2.05, 4.69) is 36.5 Å². The Labute approximate surface area is 172 Å². The van der Waals surface area contributed by atoms with E-state index in [9.17, 15) is 4.79 Å². The van der Waals surface area contributed by atoms with Crippen LogP contribution in [0.2, 0.25) is 0 Å². The number of methoxy groups -OCH3 is 1. The van der Waals surface area contributed by atoms with Crippen molar-refractivity contribution in [3.63, 3.8) is 0 Å². The van der Waals surface area contributed by atoms with Gasteiger partial charge in [0.15, 0.2) is 11.5 Å². The summed E-state index contributed by atoms with van der Waals surface area (Å²) < 4.78 is 16.4. The van der Waals surface area contributed by atoms with Crippen LogP contribution >= 0.6 is 0 Å². The Kier molecular flexibility index (Phi) is 7.49. The highest BCUT2D eigenvalue weighted by Crippen LogP contribution is 2.28. The summed E-state index contributed by atoms with van der Waals surface area (Å²) in [5.41, 5.74) is 2.87. The largest absolute Gasteiger partial charge is 0.493 e. The van der Waals surface area contributed by atoms with Crippen LogP contribution in [0.1, 0.15) is 34.5 Å². The van der Waals surface area contributed by atoms with Crippen LogP contribution in [0.15, 0.2) is 42.5 Å². The van der Waals surface area contributed by atoms with E-state index in [4.69, 9.17) is 14.2 Å². The van der Waals surface area contributed by atoms with Gasteiger partial charge in [-0.15, -0.1) is 0 Å². The molecule has 3 rings (SSSR count). The number of morpholine rings is 1. The molecular weight excluding hydrogens is 368 g/mol. The lowest BCUT2D eigenvalue weighted by atomic mass is 10.0. The summed E-state index contributed by atoms with van der Waals surface area (Å²) in [5, 5.41) is 3.22. The molecule has 1 saturated heterocycles. The van der Waals surface area contributed by atoms with Gasteiger partial charge >= 0.3 is 0 Å². The molecule has 1 atom stereocenters. The molecule has 0 bridgehead atoms. The first kappa shape index (κ1) is 21.1. The van der Waals surface area contributed by atoms with Crippen molar-refractivity contribution in [2.45, 2.75) is 19.9 Å². The molecule has 1 heterocycles. The van der Waals surface area contributed by atoms with Gasteiger partial charge in [0.2, 0.25) is 0 Å². The van der Waals surface area contributed by atoms with Crippen LogP contribution in [0.25, 0.3) is 0 Å². The minimum Gasteiger partial charge on any atom is -0.493 e.